The van der Waals surface area contributed by atoms with Gasteiger partial charge in [0.2, 0.25) is 0 Å². The fourth-order valence-corrected chi connectivity index (χ4v) is 2.37. The molecule has 0 bridgehead atoms. The predicted molar refractivity (Wildman–Crippen MR) is 84.9 cm³/mol. The third-order valence-electron chi connectivity index (χ3n) is 3.58. The standard InChI is InChI=1S/C18H18F3NO2/c19-18(20,21)16-8-2-4-13(11-16)6-3-9-22-12-14-5-1-7-15(10-14)17(23)24/h1-2,4-5,7-8,10-11,22H,3,6,9,12H2,(H,23,24). The number of alkyl halides is 3. The maximum atomic E-state index is 12.6. The largest absolute Gasteiger partial charge is 0.478 e. The first-order chi connectivity index (χ1) is 11.4. The molecule has 2 rings (SSSR count). The topological polar surface area (TPSA) is 49.3 Å². The normalized spacial score (nSPS) is 11.5. The Morgan fingerprint density at radius 3 is 2.46 bits per heavy atom. The molecule has 0 aliphatic rings. The molecule has 0 spiro atoms. The molecule has 0 heterocycles. The van der Waals surface area contributed by atoms with Crippen LogP contribution >= 0.6 is 0 Å². The van der Waals surface area contributed by atoms with Gasteiger partial charge < -0.3 is 10.4 Å². The molecule has 0 amide bonds. The number of hydrogen-bond acceptors (Lipinski definition) is 2. The van der Waals surface area contributed by atoms with Crippen LogP contribution in [0.4, 0.5) is 13.2 Å². The maximum Gasteiger partial charge on any atom is 0.416 e. The first kappa shape index (κ1) is 18.0. The van der Waals surface area contributed by atoms with E-state index in [4.69, 9.17) is 5.11 Å². The molecule has 0 radical (unpaired) electrons. The SMILES string of the molecule is O=C(O)c1cccc(CNCCCc2cccc(C(F)(F)F)c2)c1. The number of aromatic carboxylic acids is 1. The van der Waals surface area contributed by atoms with Gasteiger partial charge in [0.05, 0.1) is 11.1 Å². The Morgan fingerprint density at radius 1 is 1.04 bits per heavy atom. The van der Waals surface area contributed by atoms with E-state index >= 15 is 0 Å². The fraction of sp³-hybridized carbons (Fsp3) is 0.278. The molecule has 0 aromatic heterocycles. The molecule has 128 valence electrons. The Hall–Kier alpha value is -2.34. The van der Waals surface area contributed by atoms with Crippen LogP contribution in [0.15, 0.2) is 48.5 Å². The molecule has 2 aromatic rings. The lowest BCUT2D eigenvalue weighted by molar-refractivity contribution is -0.137. The zero-order valence-electron chi connectivity index (χ0n) is 12.9. The zero-order chi connectivity index (χ0) is 17.6. The Balaban J connectivity index is 1.77. The van der Waals surface area contributed by atoms with Gasteiger partial charge in [-0.15, -0.1) is 0 Å². The van der Waals surface area contributed by atoms with E-state index in [-0.39, 0.29) is 5.56 Å². The highest BCUT2D eigenvalue weighted by Gasteiger charge is 2.30. The number of aryl methyl sites for hydroxylation is 1. The van der Waals surface area contributed by atoms with Gasteiger partial charge in [-0.25, -0.2) is 4.79 Å². The number of benzene rings is 2. The van der Waals surface area contributed by atoms with Crippen LogP contribution in [0.2, 0.25) is 0 Å². The van der Waals surface area contributed by atoms with E-state index in [1.807, 2.05) is 6.07 Å². The van der Waals surface area contributed by atoms with E-state index in [9.17, 15) is 18.0 Å². The van der Waals surface area contributed by atoms with E-state index in [2.05, 4.69) is 5.32 Å². The number of carbonyl (C=O) groups is 1. The lowest BCUT2D eigenvalue weighted by atomic mass is 10.1. The van der Waals surface area contributed by atoms with Crippen molar-refractivity contribution in [2.45, 2.75) is 25.6 Å². The van der Waals surface area contributed by atoms with Gasteiger partial charge in [0.1, 0.15) is 0 Å². The average Bonchev–Trinajstić information content (AvgIpc) is 2.54. The van der Waals surface area contributed by atoms with Crippen LogP contribution in [0.3, 0.4) is 0 Å². The molecule has 2 N–H and O–H groups in total. The zero-order valence-corrected chi connectivity index (χ0v) is 12.9. The fourth-order valence-electron chi connectivity index (χ4n) is 2.37. The number of carboxylic acid groups (broad SMARTS) is 1. The highest BCUT2D eigenvalue weighted by atomic mass is 19.4. The number of halogens is 3. The molecule has 0 saturated carbocycles. The monoisotopic (exact) mass is 337 g/mol. The minimum atomic E-state index is -4.32. The van der Waals surface area contributed by atoms with Crippen molar-refractivity contribution in [2.24, 2.45) is 0 Å². The van der Waals surface area contributed by atoms with Gasteiger partial charge in [0.15, 0.2) is 0 Å². The summed E-state index contributed by atoms with van der Waals surface area (Å²) in [5.41, 5.74) is 1.12. The van der Waals surface area contributed by atoms with Crippen molar-refractivity contribution in [2.75, 3.05) is 6.54 Å². The molecule has 0 aliphatic heterocycles. The summed E-state index contributed by atoms with van der Waals surface area (Å²) < 4.78 is 37.9. The highest BCUT2D eigenvalue weighted by Crippen LogP contribution is 2.29. The summed E-state index contributed by atoms with van der Waals surface area (Å²) in [5, 5.41) is 12.1. The van der Waals surface area contributed by atoms with Gasteiger partial charge in [-0.05, 0) is 48.7 Å². The molecule has 0 atom stereocenters. The van der Waals surface area contributed by atoms with Crippen molar-refractivity contribution < 1.29 is 23.1 Å². The van der Waals surface area contributed by atoms with Crippen LogP contribution in [-0.4, -0.2) is 17.6 Å². The third-order valence-corrected chi connectivity index (χ3v) is 3.58. The van der Waals surface area contributed by atoms with Crippen molar-refractivity contribution >= 4 is 5.97 Å². The van der Waals surface area contributed by atoms with E-state index < -0.39 is 17.7 Å². The highest BCUT2D eigenvalue weighted by molar-refractivity contribution is 5.87. The number of nitrogens with one attached hydrogen (secondary N) is 1. The average molecular weight is 337 g/mol. The molecule has 6 heteroatoms. The van der Waals surface area contributed by atoms with E-state index in [0.29, 0.717) is 31.5 Å². The van der Waals surface area contributed by atoms with Crippen LogP contribution in [-0.2, 0) is 19.1 Å². The van der Waals surface area contributed by atoms with Crippen LogP contribution in [0.5, 0.6) is 0 Å². The maximum absolute atomic E-state index is 12.6. The van der Waals surface area contributed by atoms with Gasteiger partial charge in [-0.2, -0.15) is 13.2 Å². The second-order valence-electron chi connectivity index (χ2n) is 5.48. The predicted octanol–water partition coefficient (Wildman–Crippen LogP) is 4.13. The summed E-state index contributed by atoms with van der Waals surface area (Å²) in [7, 11) is 0. The minimum absolute atomic E-state index is 0.235. The quantitative estimate of drug-likeness (QED) is 0.747. The first-order valence-corrected chi connectivity index (χ1v) is 7.55. The minimum Gasteiger partial charge on any atom is -0.478 e. The number of hydrogen-bond donors (Lipinski definition) is 2. The molecule has 24 heavy (non-hydrogen) atoms. The van der Waals surface area contributed by atoms with Gasteiger partial charge in [0, 0.05) is 6.54 Å². The summed E-state index contributed by atoms with van der Waals surface area (Å²) in [5.74, 6) is -0.971. The van der Waals surface area contributed by atoms with Crippen molar-refractivity contribution in [3.63, 3.8) is 0 Å². The Labute approximate surface area is 138 Å². The molecule has 2 aromatic carbocycles. The summed E-state index contributed by atoms with van der Waals surface area (Å²) in [6.45, 7) is 1.15. The molecule has 0 unspecified atom stereocenters. The summed E-state index contributed by atoms with van der Waals surface area (Å²) in [6, 6.07) is 12.0. The second kappa shape index (κ2) is 7.97. The van der Waals surface area contributed by atoms with Crippen LogP contribution in [0.25, 0.3) is 0 Å². The van der Waals surface area contributed by atoms with Crippen molar-refractivity contribution in [1.82, 2.24) is 5.32 Å². The van der Waals surface area contributed by atoms with E-state index in [1.54, 1.807) is 18.2 Å². The molecular formula is C18H18F3NO2. The van der Waals surface area contributed by atoms with Gasteiger partial charge in [-0.1, -0.05) is 30.3 Å². The van der Waals surface area contributed by atoms with Gasteiger partial charge in [0.25, 0.3) is 0 Å². The number of rotatable bonds is 7. The lowest BCUT2D eigenvalue weighted by Crippen LogP contribution is -2.15. The molecular weight excluding hydrogens is 319 g/mol. The van der Waals surface area contributed by atoms with Crippen LogP contribution in [0.1, 0.15) is 33.5 Å². The molecule has 3 nitrogen and oxygen atoms in total. The Kier molecular flexibility index (Phi) is 5.98. The van der Waals surface area contributed by atoms with E-state index in [1.165, 1.54) is 18.2 Å². The summed E-state index contributed by atoms with van der Waals surface area (Å²) >= 11 is 0. The Morgan fingerprint density at radius 2 is 1.75 bits per heavy atom. The second-order valence-corrected chi connectivity index (χ2v) is 5.48. The third kappa shape index (κ3) is 5.38. The molecule has 0 fully saturated rings. The smallest absolute Gasteiger partial charge is 0.416 e. The van der Waals surface area contributed by atoms with Crippen LogP contribution < -0.4 is 5.32 Å². The molecule has 0 saturated heterocycles. The van der Waals surface area contributed by atoms with Crippen molar-refractivity contribution in [3.8, 4) is 0 Å². The van der Waals surface area contributed by atoms with Gasteiger partial charge in [-0.3, -0.25) is 0 Å². The molecule has 0 aliphatic carbocycles. The number of carboxylic acids is 1. The van der Waals surface area contributed by atoms with Crippen LogP contribution in [0, 0.1) is 0 Å². The van der Waals surface area contributed by atoms with Gasteiger partial charge >= 0.3 is 12.1 Å². The lowest BCUT2D eigenvalue weighted by Gasteiger charge is -2.09. The Bertz CT molecular complexity index is 699. The summed E-state index contributed by atoms with van der Waals surface area (Å²) in [4.78, 5) is 10.9. The first-order valence-electron chi connectivity index (χ1n) is 7.55. The van der Waals surface area contributed by atoms with E-state index in [0.717, 1.165) is 11.6 Å². The van der Waals surface area contributed by atoms with Crippen molar-refractivity contribution in [3.05, 3.63) is 70.8 Å². The van der Waals surface area contributed by atoms with Crippen molar-refractivity contribution in [1.29, 1.82) is 0 Å². The summed E-state index contributed by atoms with van der Waals surface area (Å²) in [6.07, 6.45) is -3.07.